The lowest BCUT2D eigenvalue weighted by atomic mass is 10.2. The molecule has 0 aliphatic heterocycles. The number of aryl methyl sites for hydroxylation is 2. The van der Waals surface area contributed by atoms with Crippen LogP contribution in [0.15, 0.2) is 83.0 Å². The van der Waals surface area contributed by atoms with Crippen LogP contribution in [-0.4, -0.2) is 36.9 Å². The van der Waals surface area contributed by atoms with Crippen LogP contribution in [0.3, 0.4) is 0 Å². The number of hydrogen-bond donors (Lipinski definition) is 1. The summed E-state index contributed by atoms with van der Waals surface area (Å²) < 4.78 is 85.7. The van der Waals surface area contributed by atoms with Gasteiger partial charge in [0.15, 0.2) is 12.4 Å². The Morgan fingerprint density at radius 2 is 1.54 bits per heavy atom. The average Bonchev–Trinajstić information content (AvgIpc) is 3.09. The number of halogens is 3. The minimum absolute atomic E-state index is 0.000640. The molecule has 39 heavy (non-hydrogen) atoms. The van der Waals surface area contributed by atoms with Crippen LogP contribution in [-0.2, 0) is 24.1 Å². The van der Waals surface area contributed by atoms with Crippen LogP contribution in [0.1, 0.15) is 0 Å². The summed E-state index contributed by atoms with van der Waals surface area (Å²) in [5.41, 5.74) is 0.482. The maximum absolute atomic E-state index is 13.3. The fraction of sp³-hybridized carbons (Fsp3) is 0.192. The normalized spacial score (nSPS) is 11.8. The topological polar surface area (TPSA) is 101 Å². The number of anilines is 1. The molecular formula is C26H24F3N3O6S. The zero-order valence-corrected chi connectivity index (χ0v) is 21.7. The number of aromatic nitrogens is 2. The summed E-state index contributed by atoms with van der Waals surface area (Å²) in [4.78, 5) is 12.4. The number of benzene rings is 3. The van der Waals surface area contributed by atoms with Gasteiger partial charge in [0.2, 0.25) is 0 Å². The average molecular weight is 564 g/mol. The van der Waals surface area contributed by atoms with Crippen molar-refractivity contribution in [3.8, 4) is 23.0 Å². The van der Waals surface area contributed by atoms with Crippen LogP contribution in [0.25, 0.3) is 11.0 Å². The van der Waals surface area contributed by atoms with E-state index in [1.807, 2.05) is 0 Å². The molecule has 4 aromatic rings. The number of hydrogen-bond acceptors (Lipinski definition) is 6. The van der Waals surface area contributed by atoms with Gasteiger partial charge in [0, 0.05) is 32.3 Å². The van der Waals surface area contributed by atoms with Gasteiger partial charge < -0.3 is 14.2 Å². The van der Waals surface area contributed by atoms with Gasteiger partial charge in [0.25, 0.3) is 10.0 Å². The van der Waals surface area contributed by atoms with Crippen molar-refractivity contribution in [3.05, 3.63) is 83.8 Å². The van der Waals surface area contributed by atoms with E-state index in [1.165, 1.54) is 76.9 Å². The van der Waals surface area contributed by atoms with Crippen LogP contribution in [0.5, 0.6) is 23.0 Å². The smallest absolute Gasteiger partial charge is 0.422 e. The van der Waals surface area contributed by atoms with Crippen molar-refractivity contribution in [1.29, 1.82) is 0 Å². The van der Waals surface area contributed by atoms with E-state index in [-0.39, 0.29) is 40.1 Å². The monoisotopic (exact) mass is 563 g/mol. The molecule has 0 unspecified atom stereocenters. The summed E-state index contributed by atoms with van der Waals surface area (Å²) >= 11 is 0. The lowest BCUT2D eigenvalue weighted by Gasteiger charge is -2.16. The molecule has 1 N–H and O–H groups in total. The predicted molar refractivity (Wildman–Crippen MR) is 139 cm³/mol. The quantitative estimate of drug-likeness (QED) is 0.273. The first-order valence-electron chi connectivity index (χ1n) is 11.4. The van der Waals surface area contributed by atoms with Gasteiger partial charge in [-0.2, -0.15) is 13.2 Å². The fourth-order valence-electron chi connectivity index (χ4n) is 3.70. The first-order valence-corrected chi connectivity index (χ1v) is 12.9. The summed E-state index contributed by atoms with van der Waals surface area (Å²) in [5, 5.41) is 0. The molecule has 0 atom stereocenters. The molecule has 0 aliphatic carbocycles. The Balaban J connectivity index is 1.74. The second-order valence-electron chi connectivity index (χ2n) is 8.40. The number of sulfonamides is 1. The molecule has 0 radical (unpaired) electrons. The molecule has 3 aromatic carbocycles. The van der Waals surface area contributed by atoms with Gasteiger partial charge in [-0.15, -0.1) is 0 Å². The highest BCUT2D eigenvalue weighted by molar-refractivity contribution is 7.92. The fourth-order valence-corrected chi connectivity index (χ4v) is 4.80. The minimum Gasteiger partial charge on any atom is -0.490 e. The second-order valence-corrected chi connectivity index (χ2v) is 10.1. The lowest BCUT2D eigenvalue weighted by molar-refractivity contribution is -0.153. The number of ether oxygens (including phenoxy) is 3. The summed E-state index contributed by atoms with van der Waals surface area (Å²) in [6.07, 6.45) is -3.01. The van der Waals surface area contributed by atoms with Gasteiger partial charge >= 0.3 is 11.9 Å². The van der Waals surface area contributed by atoms with Gasteiger partial charge in [-0.1, -0.05) is 24.8 Å². The van der Waals surface area contributed by atoms with Gasteiger partial charge in [-0.25, -0.2) is 13.2 Å². The molecule has 1 aromatic heterocycles. The predicted octanol–water partition coefficient (Wildman–Crippen LogP) is 4.98. The van der Waals surface area contributed by atoms with Gasteiger partial charge in [-0.3, -0.25) is 13.9 Å². The first-order chi connectivity index (χ1) is 18.4. The molecule has 1 heterocycles. The largest absolute Gasteiger partial charge is 0.490 e. The van der Waals surface area contributed by atoms with E-state index in [1.54, 1.807) is 13.1 Å². The van der Waals surface area contributed by atoms with Crippen molar-refractivity contribution in [1.82, 2.24) is 9.13 Å². The Morgan fingerprint density at radius 3 is 2.21 bits per heavy atom. The third-order valence-corrected chi connectivity index (χ3v) is 6.90. The Kier molecular flexibility index (Phi) is 7.63. The first kappa shape index (κ1) is 27.6. The maximum Gasteiger partial charge on any atom is 0.422 e. The van der Waals surface area contributed by atoms with Crippen molar-refractivity contribution in [2.75, 3.05) is 17.9 Å². The zero-order valence-electron chi connectivity index (χ0n) is 20.9. The van der Waals surface area contributed by atoms with Crippen molar-refractivity contribution in [3.63, 3.8) is 0 Å². The van der Waals surface area contributed by atoms with Crippen molar-refractivity contribution in [2.24, 2.45) is 14.1 Å². The molecule has 206 valence electrons. The highest BCUT2D eigenvalue weighted by Crippen LogP contribution is 2.36. The molecule has 0 spiro atoms. The molecular weight excluding hydrogens is 539 g/mol. The van der Waals surface area contributed by atoms with E-state index in [2.05, 4.69) is 11.3 Å². The molecule has 0 amide bonds. The molecule has 0 aliphatic rings. The van der Waals surface area contributed by atoms with Gasteiger partial charge in [0.05, 0.1) is 21.6 Å². The van der Waals surface area contributed by atoms with E-state index in [4.69, 9.17) is 14.2 Å². The van der Waals surface area contributed by atoms with E-state index in [0.29, 0.717) is 16.8 Å². The molecule has 0 saturated heterocycles. The van der Waals surface area contributed by atoms with E-state index in [0.717, 1.165) is 0 Å². The van der Waals surface area contributed by atoms with Crippen molar-refractivity contribution >= 4 is 26.7 Å². The number of alkyl halides is 3. The highest BCUT2D eigenvalue weighted by atomic mass is 32.2. The minimum atomic E-state index is -4.53. The molecule has 0 saturated carbocycles. The van der Waals surface area contributed by atoms with E-state index in [9.17, 15) is 26.4 Å². The Hall–Kier alpha value is -4.39. The van der Waals surface area contributed by atoms with Crippen LogP contribution >= 0.6 is 0 Å². The highest BCUT2D eigenvalue weighted by Gasteiger charge is 2.28. The van der Waals surface area contributed by atoms with Crippen LogP contribution in [0.2, 0.25) is 0 Å². The standard InChI is InChI=1S/C26H24F3N3O6S/c1-4-11-36-18-8-6-10-20(13-18)39(34,35)30-21-14-22-23(32(3)25(33)31(22)2)15-24(21)38-19-9-5-7-17(12-19)37-16-26(27,28)29/h4-10,12-15,30H,1,11,16H2,2-3H3. The van der Waals surface area contributed by atoms with E-state index >= 15 is 0 Å². The zero-order chi connectivity index (χ0) is 28.4. The molecule has 4 rings (SSSR count). The number of rotatable bonds is 10. The van der Waals surface area contributed by atoms with Crippen molar-refractivity contribution in [2.45, 2.75) is 11.1 Å². The SMILES string of the molecule is C=CCOc1cccc(S(=O)(=O)Nc2cc3c(cc2Oc2cccc(OCC(F)(F)F)c2)n(C)c(=O)n3C)c1. The van der Waals surface area contributed by atoms with Gasteiger partial charge in [-0.05, 0) is 30.3 Å². The van der Waals surface area contributed by atoms with Crippen LogP contribution in [0, 0.1) is 0 Å². The van der Waals surface area contributed by atoms with E-state index < -0.39 is 22.8 Å². The van der Waals surface area contributed by atoms with Crippen molar-refractivity contribution < 1.29 is 35.8 Å². The number of imidazole rings is 1. The van der Waals surface area contributed by atoms with Gasteiger partial charge in [0.1, 0.15) is 23.9 Å². The number of nitrogens with zero attached hydrogens (tertiary/aromatic N) is 2. The van der Waals surface area contributed by atoms with Crippen LogP contribution < -0.4 is 24.6 Å². The summed E-state index contributed by atoms with van der Waals surface area (Å²) in [6.45, 7) is 2.25. The van der Waals surface area contributed by atoms with Crippen LogP contribution in [0.4, 0.5) is 18.9 Å². The molecule has 0 bridgehead atoms. The molecule has 13 heteroatoms. The number of fused-ring (bicyclic) bond motifs is 1. The molecule has 9 nitrogen and oxygen atoms in total. The summed E-state index contributed by atoms with van der Waals surface area (Å²) in [5.74, 6) is 0.289. The second kappa shape index (κ2) is 10.8. The lowest BCUT2D eigenvalue weighted by Crippen LogP contribution is -2.19. The third kappa shape index (κ3) is 6.37. The number of nitrogens with one attached hydrogen (secondary N) is 1. The molecule has 0 fully saturated rings. The summed E-state index contributed by atoms with van der Waals surface area (Å²) in [7, 11) is -1.10. The Morgan fingerprint density at radius 1 is 0.923 bits per heavy atom. The Bertz CT molecular complexity index is 1690. The Labute approximate surface area is 221 Å². The summed E-state index contributed by atoms with van der Waals surface area (Å²) in [6, 6.07) is 14.2. The maximum atomic E-state index is 13.3. The third-order valence-electron chi connectivity index (χ3n) is 5.54.